The number of hydrogen-bond acceptors (Lipinski definition) is 4. The van der Waals surface area contributed by atoms with E-state index in [0.29, 0.717) is 13.0 Å². The van der Waals surface area contributed by atoms with Crippen molar-refractivity contribution in [1.29, 1.82) is 0 Å². The molecule has 1 atom stereocenters. The van der Waals surface area contributed by atoms with E-state index >= 15 is 0 Å². The first-order valence-corrected chi connectivity index (χ1v) is 9.19. The minimum atomic E-state index is -0.862. The lowest BCUT2D eigenvalue weighted by molar-refractivity contribution is -0.153. The summed E-state index contributed by atoms with van der Waals surface area (Å²) in [6.45, 7) is 7.91. The Kier molecular flexibility index (Phi) is 7.41. The average molecular weight is 369 g/mol. The van der Waals surface area contributed by atoms with Crippen LogP contribution in [0.5, 0.6) is 5.75 Å². The van der Waals surface area contributed by atoms with Crippen LogP contribution in [0.25, 0.3) is 0 Å². The Labute approximate surface area is 160 Å². The number of ether oxygens (including phenoxy) is 2. The Balaban J connectivity index is 1.89. The number of carbonyl (C=O) groups is 2. The summed E-state index contributed by atoms with van der Waals surface area (Å²) < 4.78 is 10.9. The van der Waals surface area contributed by atoms with Crippen LogP contribution < -0.4 is 10.1 Å². The van der Waals surface area contributed by atoms with Gasteiger partial charge in [0, 0.05) is 12.1 Å². The molecule has 0 unspecified atom stereocenters. The smallest absolute Gasteiger partial charge is 0.306 e. The molecule has 0 saturated heterocycles. The largest absolute Gasteiger partial charge is 0.494 e. The lowest BCUT2D eigenvalue weighted by atomic mass is 10.1. The third-order valence-electron chi connectivity index (χ3n) is 4.28. The van der Waals surface area contributed by atoms with Gasteiger partial charge in [-0.1, -0.05) is 36.4 Å². The Morgan fingerprint density at radius 3 is 2.37 bits per heavy atom. The molecule has 0 radical (unpaired) electrons. The molecule has 2 rings (SSSR count). The van der Waals surface area contributed by atoms with Gasteiger partial charge < -0.3 is 14.8 Å². The van der Waals surface area contributed by atoms with Crippen molar-refractivity contribution in [3.8, 4) is 5.75 Å². The average Bonchev–Trinajstić information content (AvgIpc) is 2.64. The molecule has 0 spiro atoms. The van der Waals surface area contributed by atoms with E-state index in [4.69, 9.17) is 9.47 Å². The molecule has 2 aromatic carbocycles. The lowest BCUT2D eigenvalue weighted by Crippen LogP contribution is -2.30. The number of carbonyl (C=O) groups excluding carboxylic acids is 2. The van der Waals surface area contributed by atoms with Gasteiger partial charge >= 0.3 is 5.97 Å². The summed E-state index contributed by atoms with van der Waals surface area (Å²) in [5.74, 6) is 0.0227. The van der Waals surface area contributed by atoms with Crippen molar-refractivity contribution in [3.05, 3.63) is 59.2 Å². The predicted octanol–water partition coefficient (Wildman–Crippen LogP) is 4.21. The first-order valence-electron chi connectivity index (χ1n) is 9.19. The van der Waals surface area contributed by atoms with Crippen LogP contribution in [0.4, 0.5) is 5.69 Å². The minimum Gasteiger partial charge on any atom is -0.494 e. The highest BCUT2D eigenvalue weighted by Crippen LogP contribution is 2.21. The molecule has 0 aliphatic carbocycles. The van der Waals surface area contributed by atoms with E-state index in [1.807, 2.05) is 63.2 Å². The summed E-state index contributed by atoms with van der Waals surface area (Å²) in [6, 6.07) is 13.4. The zero-order chi connectivity index (χ0) is 19.8. The van der Waals surface area contributed by atoms with E-state index in [9.17, 15) is 9.59 Å². The molecule has 5 nitrogen and oxygen atoms in total. The van der Waals surface area contributed by atoms with Crippen LogP contribution in [0.3, 0.4) is 0 Å². The number of para-hydroxylation sites is 2. The number of anilines is 1. The predicted molar refractivity (Wildman–Crippen MR) is 106 cm³/mol. The van der Waals surface area contributed by atoms with Crippen LogP contribution in [-0.4, -0.2) is 24.6 Å². The zero-order valence-electron chi connectivity index (χ0n) is 16.4. The summed E-state index contributed by atoms with van der Waals surface area (Å²) in [5, 5.41) is 2.85. The molecule has 0 aliphatic rings. The second-order valence-corrected chi connectivity index (χ2v) is 6.43. The van der Waals surface area contributed by atoms with Crippen molar-refractivity contribution in [2.24, 2.45) is 0 Å². The fourth-order valence-electron chi connectivity index (χ4n) is 2.79. The minimum absolute atomic E-state index is 0.186. The van der Waals surface area contributed by atoms with Crippen LogP contribution in [0.1, 0.15) is 37.0 Å². The first kappa shape index (κ1) is 20.5. The molecule has 27 heavy (non-hydrogen) atoms. The summed E-state index contributed by atoms with van der Waals surface area (Å²) in [4.78, 5) is 24.5. The molecular weight excluding hydrogens is 342 g/mol. The molecule has 0 saturated carbocycles. The summed E-state index contributed by atoms with van der Waals surface area (Å²) in [6.07, 6.45) is -0.177. The standard InChI is InChI=1S/C22H27NO4/c1-5-26-19-12-7-6-11-18(19)13-14-20(24)27-17(4)22(25)23-21-15(2)9-8-10-16(21)3/h6-12,17H,5,13-14H2,1-4H3,(H,23,25)/t17-/m0/s1. The highest BCUT2D eigenvalue weighted by molar-refractivity contribution is 5.96. The number of amides is 1. The third-order valence-corrected chi connectivity index (χ3v) is 4.28. The SMILES string of the molecule is CCOc1ccccc1CCC(=O)O[C@@H](C)C(=O)Nc1c(C)cccc1C. The number of benzene rings is 2. The number of esters is 1. The molecule has 2 aromatic rings. The van der Waals surface area contributed by atoms with Gasteiger partial charge in [0.15, 0.2) is 6.10 Å². The normalized spacial score (nSPS) is 11.6. The van der Waals surface area contributed by atoms with Gasteiger partial charge in [0.25, 0.3) is 5.91 Å². The maximum Gasteiger partial charge on any atom is 0.306 e. The summed E-state index contributed by atoms with van der Waals surface area (Å²) >= 11 is 0. The van der Waals surface area contributed by atoms with Crippen LogP contribution in [0, 0.1) is 13.8 Å². The van der Waals surface area contributed by atoms with Gasteiger partial charge in [-0.2, -0.15) is 0 Å². The van der Waals surface area contributed by atoms with Crippen molar-refractivity contribution in [2.45, 2.75) is 46.6 Å². The van der Waals surface area contributed by atoms with E-state index in [1.54, 1.807) is 6.92 Å². The van der Waals surface area contributed by atoms with Gasteiger partial charge in [-0.25, -0.2) is 0 Å². The first-order chi connectivity index (χ1) is 12.9. The maximum atomic E-state index is 12.4. The summed E-state index contributed by atoms with van der Waals surface area (Å²) in [5.41, 5.74) is 3.64. The number of hydrogen-bond donors (Lipinski definition) is 1. The quantitative estimate of drug-likeness (QED) is 0.708. The van der Waals surface area contributed by atoms with Crippen molar-refractivity contribution in [2.75, 3.05) is 11.9 Å². The molecule has 0 fully saturated rings. The molecule has 1 amide bonds. The van der Waals surface area contributed by atoms with Crippen LogP contribution >= 0.6 is 0 Å². The monoisotopic (exact) mass is 369 g/mol. The number of nitrogens with one attached hydrogen (secondary N) is 1. The van der Waals surface area contributed by atoms with Crippen LogP contribution in [-0.2, 0) is 20.7 Å². The Hall–Kier alpha value is -2.82. The molecule has 0 bridgehead atoms. The molecular formula is C22H27NO4. The van der Waals surface area contributed by atoms with Crippen LogP contribution in [0.2, 0.25) is 0 Å². The van der Waals surface area contributed by atoms with Gasteiger partial charge in [0.2, 0.25) is 0 Å². The number of rotatable bonds is 8. The fourth-order valence-corrected chi connectivity index (χ4v) is 2.79. The van der Waals surface area contributed by atoms with Gasteiger partial charge in [0.05, 0.1) is 6.61 Å². The molecule has 1 N–H and O–H groups in total. The molecule has 144 valence electrons. The fraction of sp³-hybridized carbons (Fsp3) is 0.364. The Morgan fingerprint density at radius 2 is 1.70 bits per heavy atom. The second kappa shape index (κ2) is 9.76. The van der Waals surface area contributed by atoms with Crippen LogP contribution in [0.15, 0.2) is 42.5 Å². The topological polar surface area (TPSA) is 64.6 Å². The van der Waals surface area contributed by atoms with E-state index in [1.165, 1.54) is 0 Å². The summed E-state index contributed by atoms with van der Waals surface area (Å²) in [7, 11) is 0. The van der Waals surface area contributed by atoms with Crippen molar-refractivity contribution < 1.29 is 19.1 Å². The van der Waals surface area contributed by atoms with Gasteiger partial charge in [-0.05, 0) is 56.9 Å². The molecule has 0 aromatic heterocycles. The zero-order valence-corrected chi connectivity index (χ0v) is 16.4. The van der Waals surface area contributed by atoms with Crippen molar-refractivity contribution in [3.63, 3.8) is 0 Å². The van der Waals surface area contributed by atoms with E-state index in [-0.39, 0.29) is 12.3 Å². The van der Waals surface area contributed by atoms with E-state index < -0.39 is 12.1 Å². The number of aryl methyl sites for hydroxylation is 3. The van der Waals surface area contributed by atoms with Gasteiger partial charge in [-0.15, -0.1) is 0 Å². The molecule has 5 heteroatoms. The van der Waals surface area contributed by atoms with Gasteiger partial charge in [-0.3, -0.25) is 9.59 Å². The Bertz CT molecular complexity index is 780. The Morgan fingerprint density at radius 1 is 1.04 bits per heavy atom. The lowest BCUT2D eigenvalue weighted by Gasteiger charge is -2.16. The highest BCUT2D eigenvalue weighted by atomic mass is 16.5. The maximum absolute atomic E-state index is 12.4. The van der Waals surface area contributed by atoms with E-state index in [2.05, 4.69) is 5.32 Å². The van der Waals surface area contributed by atoms with Crippen molar-refractivity contribution in [1.82, 2.24) is 0 Å². The van der Waals surface area contributed by atoms with E-state index in [0.717, 1.165) is 28.1 Å². The highest BCUT2D eigenvalue weighted by Gasteiger charge is 2.19. The van der Waals surface area contributed by atoms with Crippen molar-refractivity contribution >= 4 is 17.6 Å². The molecule has 0 aliphatic heterocycles. The van der Waals surface area contributed by atoms with Gasteiger partial charge in [0.1, 0.15) is 5.75 Å². The molecule has 0 heterocycles. The third kappa shape index (κ3) is 5.84. The second-order valence-electron chi connectivity index (χ2n) is 6.43.